The maximum Gasteiger partial charge on any atom is 0.0130 e. The molecule has 0 heteroatoms. The highest BCUT2D eigenvalue weighted by molar-refractivity contribution is 5.80. The normalized spacial score (nSPS) is 16.5. The molecule has 4 aromatic carbocycles. The first-order chi connectivity index (χ1) is 14.8. The molecule has 0 spiro atoms. The second-order valence-electron chi connectivity index (χ2n) is 9.02. The summed E-state index contributed by atoms with van der Waals surface area (Å²) in [7, 11) is 0. The van der Waals surface area contributed by atoms with Gasteiger partial charge in [-0.3, -0.25) is 0 Å². The van der Waals surface area contributed by atoms with Gasteiger partial charge in [0.2, 0.25) is 0 Å². The van der Waals surface area contributed by atoms with Crippen molar-refractivity contribution in [1.29, 1.82) is 0 Å². The Morgan fingerprint density at radius 2 is 0.633 bits per heavy atom. The van der Waals surface area contributed by atoms with Crippen LogP contribution in [-0.4, -0.2) is 0 Å². The minimum atomic E-state index is 0.451. The lowest BCUT2D eigenvalue weighted by molar-refractivity contribution is 0.326. The van der Waals surface area contributed by atoms with Crippen LogP contribution < -0.4 is 0 Å². The highest BCUT2D eigenvalue weighted by atomic mass is 14.4. The van der Waals surface area contributed by atoms with E-state index in [-0.39, 0.29) is 0 Å². The second-order valence-corrected chi connectivity index (χ2v) is 9.02. The summed E-state index contributed by atoms with van der Waals surface area (Å²) >= 11 is 0. The largest absolute Gasteiger partial charge is 0.0619 e. The average Bonchev–Trinajstić information content (AvgIpc) is 3.31. The number of hydrogen-bond donors (Lipinski definition) is 0. The maximum absolute atomic E-state index is 2.47. The van der Waals surface area contributed by atoms with Crippen LogP contribution in [0, 0.1) is 11.8 Å². The Kier molecular flexibility index (Phi) is 3.96. The summed E-state index contributed by atoms with van der Waals surface area (Å²) in [5.41, 5.74) is 11.7. The first-order valence-corrected chi connectivity index (χ1v) is 11.1. The third-order valence-electron chi connectivity index (χ3n) is 7.64. The average molecular weight is 387 g/mol. The molecule has 4 aromatic rings. The summed E-state index contributed by atoms with van der Waals surface area (Å²) in [6.45, 7) is 4.94. The molecule has 0 saturated heterocycles. The van der Waals surface area contributed by atoms with Crippen molar-refractivity contribution < 1.29 is 0 Å². The summed E-state index contributed by atoms with van der Waals surface area (Å²) in [4.78, 5) is 0. The van der Waals surface area contributed by atoms with Gasteiger partial charge in [0.05, 0.1) is 0 Å². The third kappa shape index (κ3) is 2.40. The summed E-state index contributed by atoms with van der Waals surface area (Å²) in [5, 5.41) is 0. The molecule has 0 nitrogen and oxygen atoms in total. The molecule has 0 fully saturated rings. The fourth-order valence-corrected chi connectivity index (χ4v) is 6.13. The van der Waals surface area contributed by atoms with Crippen molar-refractivity contribution in [2.45, 2.75) is 25.7 Å². The van der Waals surface area contributed by atoms with E-state index in [4.69, 9.17) is 0 Å². The minimum Gasteiger partial charge on any atom is -0.0619 e. The fourth-order valence-electron chi connectivity index (χ4n) is 6.13. The van der Waals surface area contributed by atoms with Crippen LogP contribution in [0.25, 0.3) is 22.3 Å². The zero-order chi connectivity index (χ0) is 20.2. The Bertz CT molecular complexity index is 1060. The minimum absolute atomic E-state index is 0.451. The molecule has 6 rings (SSSR count). The van der Waals surface area contributed by atoms with Crippen molar-refractivity contribution in [3.05, 3.63) is 119 Å². The van der Waals surface area contributed by atoms with Gasteiger partial charge in [-0.2, -0.15) is 0 Å². The highest BCUT2D eigenvalue weighted by Gasteiger charge is 2.40. The van der Waals surface area contributed by atoms with Crippen molar-refractivity contribution in [2.75, 3.05) is 0 Å². The summed E-state index contributed by atoms with van der Waals surface area (Å²) in [5.74, 6) is 1.96. The van der Waals surface area contributed by atoms with Gasteiger partial charge in [0.25, 0.3) is 0 Å². The SMILES string of the molecule is CC(C1c2ccccc2-c2ccccc21)C(C)C1c2ccccc2-c2ccccc21. The first-order valence-electron chi connectivity index (χ1n) is 11.1. The zero-order valence-electron chi connectivity index (χ0n) is 17.5. The molecule has 2 aliphatic carbocycles. The lowest BCUT2D eigenvalue weighted by Gasteiger charge is -2.32. The molecule has 0 amide bonds. The van der Waals surface area contributed by atoms with Crippen LogP contribution in [0.15, 0.2) is 97.1 Å². The second kappa shape index (κ2) is 6.71. The number of rotatable bonds is 3. The van der Waals surface area contributed by atoms with Gasteiger partial charge in [0, 0.05) is 11.8 Å². The van der Waals surface area contributed by atoms with E-state index in [0.717, 1.165) is 0 Å². The van der Waals surface area contributed by atoms with Crippen molar-refractivity contribution in [3.8, 4) is 22.3 Å². The van der Waals surface area contributed by atoms with Gasteiger partial charge in [-0.1, -0.05) is 111 Å². The number of benzene rings is 4. The molecule has 0 radical (unpaired) electrons. The predicted molar refractivity (Wildman–Crippen MR) is 126 cm³/mol. The Balaban J connectivity index is 1.47. The maximum atomic E-state index is 2.47. The van der Waals surface area contributed by atoms with Crippen LogP contribution in [0.3, 0.4) is 0 Å². The Hall–Kier alpha value is -3.12. The van der Waals surface area contributed by atoms with E-state index in [1.54, 1.807) is 0 Å². The van der Waals surface area contributed by atoms with Crippen molar-refractivity contribution in [2.24, 2.45) is 11.8 Å². The van der Waals surface area contributed by atoms with Gasteiger partial charge in [0.15, 0.2) is 0 Å². The molecule has 0 aliphatic heterocycles. The van der Waals surface area contributed by atoms with Gasteiger partial charge in [-0.25, -0.2) is 0 Å². The number of fused-ring (bicyclic) bond motifs is 6. The van der Waals surface area contributed by atoms with E-state index in [0.29, 0.717) is 23.7 Å². The molecule has 2 unspecified atom stereocenters. The van der Waals surface area contributed by atoms with E-state index >= 15 is 0 Å². The first kappa shape index (κ1) is 17.7. The van der Waals surface area contributed by atoms with Gasteiger partial charge < -0.3 is 0 Å². The molecule has 0 aromatic heterocycles. The molecule has 0 bridgehead atoms. The van der Waals surface area contributed by atoms with Crippen molar-refractivity contribution >= 4 is 0 Å². The van der Waals surface area contributed by atoms with Crippen LogP contribution in [0.5, 0.6) is 0 Å². The van der Waals surface area contributed by atoms with Crippen LogP contribution >= 0.6 is 0 Å². The molecule has 146 valence electrons. The van der Waals surface area contributed by atoms with Crippen molar-refractivity contribution in [1.82, 2.24) is 0 Å². The molecule has 0 N–H and O–H groups in total. The molecule has 30 heavy (non-hydrogen) atoms. The quantitative estimate of drug-likeness (QED) is 0.336. The Labute approximate surface area is 179 Å². The topological polar surface area (TPSA) is 0 Å². The van der Waals surface area contributed by atoms with Gasteiger partial charge in [-0.05, 0) is 56.3 Å². The van der Waals surface area contributed by atoms with E-state index < -0.39 is 0 Å². The summed E-state index contributed by atoms with van der Waals surface area (Å²) in [6, 6.07) is 36.1. The third-order valence-corrected chi connectivity index (χ3v) is 7.64. The van der Waals surface area contributed by atoms with Crippen LogP contribution in [0.1, 0.15) is 47.9 Å². The predicted octanol–water partition coefficient (Wildman–Crippen LogP) is 7.88. The van der Waals surface area contributed by atoms with Gasteiger partial charge >= 0.3 is 0 Å². The van der Waals surface area contributed by atoms with Gasteiger partial charge in [0.1, 0.15) is 0 Å². The van der Waals surface area contributed by atoms with E-state index in [1.807, 2.05) is 0 Å². The molecule has 0 saturated carbocycles. The summed E-state index contributed by atoms with van der Waals surface area (Å²) in [6.07, 6.45) is 0. The lowest BCUT2D eigenvalue weighted by Crippen LogP contribution is -2.22. The molecule has 2 atom stereocenters. The Morgan fingerprint density at radius 1 is 0.400 bits per heavy atom. The fraction of sp³-hybridized carbons (Fsp3) is 0.200. The zero-order valence-corrected chi connectivity index (χ0v) is 17.5. The van der Waals surface area contributed by atoms with E-state index in [2.05, 4.69) is 111 Å². The van der Waals surface area contributed by atoms with Crippen molar-refractivity contribution in [3.63, 3.8) is 0 Å². The molecule has 2 aliphatic rings. The van der Waals surface area contributed by atoms with Crippen LogP contribution in [0.4, 0.5) is 0 Å². The Morgan fingerprint density at radius 3 is 0.900 bits per heavy atom. The molecule has 0 heterocycles. The van der Waals surface area contributed by atoms with Crippen LogP contribution in [0.2, 0.25) is 0 Å². The standard InChI is InChI=1S/C30H26/c1-19(29-25-15-7-3-11-21(25)22-12-4-8-16-26(22)29)20(2)30-27-17-9-5-13-23(27)24-14-6-10-18-28(24)30/h3-20,29-30H,1-2H3. The molecular formula is C30H26. The lowest BCUT2D eigenvalue weighted by atomic mass is 9.71. The van der Waals surface area contributed by atoms with E-state index in [9.17, 15) is 0 Å². The molecular weight excluding hydrogens is 360 g/mol. The smallest absolute Gasteiger partial charge is 0.0130 e. The van der Waals surface area contributed by atoms with Crippen LogP contribution in [-0.2, 0) is 0 Å². The van der Waals surface area contributed by atoms with E-state index in [1.165, 1.54) is 44.5 Å². The number of hydrogen-bond acceptors (Lipinski definition) is 0. The monoisotopic (exact) mass is 386 g/mol. The van der Waals surface area contributed by atoms with Gasteiger partial charge in [-0.15, -0.1) is 0 Å². The summed E-state index contributed by atoms with van der Waals surface area (Å²) < 4.78 is 0. The highest BCUT2D eigenvalue weighted by Crippen LogP contribution is 2.55.